The van der Waals surface area contributed by atoms with Crippen LogP contribution in [0, 0.1) is 0 Å². The van der Waals surface area contributed by atoms with Crippen LogP contribution in [0.15, 0.2) is 19.0 Å². The van der Waals surface area contributed by atoms with Gasteiger partial charge in [-0.2, -0.15) is 0 Å². The Labute approximate surface area is 119 Å². The molecule has 0 aromatic carbocycles. The van der Waals surface area contributed by atoms with Crippen LogP contribution >= 0.6 is 0 Å². The molecule has 1 fully saturated rings. The lowest BCUT2D eigenvalue weighted by Crippen LogP contribution is -2.42. The van der Waals surface area contributed by atoms with Crippen molar-refractivity contribution in [3.05, 3.63) is 19.0 Å². The fourth-order valence-electron chi connectivity index (χ4n) is 2.82. The molecule has 0 N–H and O–H groups in total. The first kappa shape index (κ1) is 14.7. The Balaban J connectivity index is 1.99. The quantitative estimate of drug-likeness (QED) is 0.770. The lowest BCUT2D eigenvalue weighted by molar-refractivity contribution is -0.134. The Morgan fingerprint density at radius 2 is 2.00 bits per heavy atom. The molecule has 1 aromatic rings. The average molecular weight is 277 g/mol. The van der Waals surface area contributed by atoms with E-state index < -0.39 is 0 Å². The molecule has 1 aliphatic rings. The molecule has 110 valence electrons. The molecule has 1 amide bonds. The third-order valence-corrected chi connectivity index (χ3v) is 3.85. The summed E-state index contributed by atoms with van der Waals surface area (Å²) in [4.78, 5) is 14.4. The predicted octanol–water partition coefficient (Wildman–Crippen LogP) is 1.80. The van der Waals surface area contributed by atoms with Crippen LogP contribution in [0.2, 0.25) is 0 Å². The molecule has 0 aliphatic heterocycles. The van der Waals surface area contributed by atoms with Crippen molar-refractivity contribution in [2.24, 2.45) is 0 Å². The predicted molar refractivity (Wildman–Crippen MR) is 75.8 cm³/mol. The van der Waals surface area contributed by atoms with Gasteiger partial charge in [-0.1, -0.05) is 38.2 Å². The van der Waals surface area contributed by atoms with Gasteiger partial charge in [0.15, 0.2) is 0 Å². The Hall–Kier alpha value is -1.72. The maximum atomic E-state index is 12.5. The van der Waals surface area contributed by atoms with Gasteiger partial charge in [-0.25, -0.2) is 4.68 Å². The zero-order valence-electron chi connectivity index (χ0n) is 11.9. The van der Waals surface area contributed by atoms with Gasteiger partial charge in [-0.05, 0) is 23.3 Å². The van der Waals surface area contributed by atoms with Crippen LogP contribution in [0.4, 0.5) is 0 Å². The summed E-state index contributed by atoms with van der Waals surface area (Å²) in [5.41, 5.74) is 0. The first-order valence-electron chi connectivity index (χ1n) is 7.42. The number of tetrazole rings is 1. The highest BCUT2D eigenvalue weighted by Crippen LogP contribution is 2.21. The van der Waals surface area contributed by atoms with Crippen LogP contribution in [0.25, 0.3) is 0 Å². The maximum absolute atomic E-state index is 12.5. The van der Waals surface area contributed by atoms with Crippen LogP contribution in [0.1, 0.15) is 44.9 Å². The first-order chi connectivity index (χ1) is 9.81. The minimum atomic E-state index is 0.0720. The fourth-order valence-corrected chi connectivity index (χ4v) is 2.82. The van der Waals surface area contributed by atoms with Gasteiger partial charge in [-0.15, -0.1) is 11.7 Å². The molecule has 1 heterocycles. The molecule has 2 rings (SSSR count). The molecule has 0 saturated heterocycles. The van der Waals surface area contributed by atoms with E-state index in [0.29, 0.717) is 12.6 Å². The summed E-state index contributed by atoms with van der Waals surface area (Å²) in [5, 5.41) is 10.9. The normalized spacial score (nSPS) is 17.2. The number of carbonyl (C=O) groups is 1. The maximum Gasteiger partial charge on any atom is 0.244 e. The van der Waals surface area contributed by atoms with Gasteiger partial charge in [0.05, 0.1) is 0 Å². The van der Waals surface area contributed by atoms with E-state index in [0.717, 1.165) is 12.8 Å². The second kappa shape index (κ2) is 7.77. The molecule has 0 radical (unpaired) electrons. The smallest absolute Gasteiger partial charge is 0.244 e. The lowest BCUT2D eigenvalue weighted by atomic mass is 9.95. The second-order valence-electron chi connectivity index (χ2n) is 5.34. The van der Waals surface area contributed by atoms with E-state index in [1.54, 1.807) is 6.08 Å². The number of nitrogens with zero attached hydrogens (tertiary/aromatic N) is 5. The monoisotopic (exact) mass is 277 g/mol. The average Bonchev–Trinajstić information content (AvgIpc) is 2.89. The molecule has 0 unspecified atom stereocenters. The van der Waals surface area contributed by atoms with E-state index in [1.165, 1.54) is 43.1 Å². The van der Waals surface area contributed by atoms with Gasteiger partial charge in [0.25, 0.3) is 0 Å². The molecule has 0 spiro atoms. The molecule has 20 heavy (non-hydrogen) atoms. The van der Waals surface area contributed by atoms with E-state index in [9.17, 15) is 4.79 Å². The van der Waals surface area contributed by atoms with Crippen molar-refractivity contribution < 1.29 is 4.79 Å². The summed E-state index contributed by atoms with van der Waals surface area (Å²) >= 11 is 0. The number of rotatable bonds is 5. The van der Waals surface area contributed by atoms with Gasteiger partial charge in [0, 0.05) is 12.6 Å². The Morgan fingerprint density at radius 1 is 1.30 bits per heavy atom. The Bertz CT molecular complexity index is 409. The first-order valence-corrected chi connectivity index (χ1v) is 7.42. The molecular formula is C14H23N5O. The van der Waals surface area contributed by atoms with Crippen molar-refractivity contribution >= 4 is 5.91 Å². The highest BCUT2D eigenvalue weighted by atomic mass is 16.2. The van der Waals surface area contributed by atoms with Crippen LogP contribution in [-0.2, 0) is 11.3 Å². The SMILES string of the molecule is C=CCN(C(=O)Cn1cnnn1)C1CCCCCCC1. The molecule has 1 saturated carbocycles. The van der Waals surface area contributed by atoms with Crippen molar-refractivity contribution in [3.8, 4) is 0 Å². The molecule has 6 nitrogen and oxygen atoms in total. The molecule has 0 bridgehead atoms. The number of aromatic nitrogens is 4. The van der Waals surface area contributed by atoms with Gasteiger partial charge in [-0.3, -0.25) is 4.79 Å². The van der Waals surface area contributed by atoms with Gasteiger partial charge in [0.1, 0.15) is 12.9 Å². The fraction of sp³-hybridized carbons (Fsp3) is 0.714. The van der Waals surface area contributed by atoms with E-state index in [4.69, 9.17) is 0 Å². The van der Waals surface area contributed by atoms with Gasteiger partial charge >= 0.3 is 0 Å². The summed E-state index contributed by atoms with van der Waals surface area (Å²) in [6, 6.07) is 0.331. The number of carbonyl (C=O) groups excluding carboxylic acids is 1. The molecule has 1 aromatic heterocycles. The van der Waals surface area contributed by atoms with Gasteiger partial charge in [0.2, 0.25) is 5.91 Å². The molecule has 1 aliphatic carbocycles. The summed E-state index contributed by atoms with van der Waals surface area (Å²) in [7, 11) is 0. The van der Waals surface area contributed by atoms with E-state index in [2.05, 4.69) is 22.1 Å². The standard InChI is InChI=1S/C14H23N5O/c1-2-10-19(13-8-6-4-3-5-7-9-13)14(20)11-18-12-15-16-17-18/h2,12-13H,1,3-11H2. The van der Waals surface area contributed by atoms with Crippen molar-refractivity contribution in [3.63, 3.8) is 0 Å². The highest BCUT2D eigenvalue weighted by Gasteiger charge is 2.23. The second-order valence-corrected chi connectivity index (χ2v) is 5.34. The number of hydrogen-bond donors (Lipinski definition) is 0. The number of amides is 1. The lowest BCUT2D eigenvalue weighted by Gasteiger charge is -2.32. The van der Waals surface area contributed by atoms with E-state index in [-0.39, 0.29) is 12.5 Å². The highest BCUT2D eigenvalue weighted by molar-refractivity contribution is 5.76. The van der Waals surface area contributed by atoms with Crippen LogP contribution in [-0.4, -0.2) is 43.6 Å². The zero-order valence-corrected chi connectivity index (χ0v) is 11.9. The Kier molecular flexibility index (Phi) is 5.70. The summed E-state index contributed by atoms with van der Waals surface area (Å²) in [6.07, 6.45) is 11.8. The van der Waals surface area contributed by atoms with Crippen molar-refractivity contribution in [1.82, 2.24) is 25.1 Å². The number of hydrogen-bond acceptors (Lipinski definition) is 4. The van der Waals surface area contributed by atoms with Crippen molar-refractivity contribution in [2.75, 3.05) is 6.54 Å². The summed E-state index contributed by atoms with van der Waals surface area (Å²) in [5.74, 6) is 0.0720. The minimum absolute atomic E-state index is 0.0720. The van der Waals surface area contributed by atoms with Crippen LogP contribution < -0.4 is 0 Å². The third-order valence-electron chi connectivity index (χ3n) is 3.85. The third kappa shape index (κ3) is 4.15. The largest absolute Gasteiger partial charge is 0.334 e. The molecule has 6 heteroatoms. The minimum Gasteiger partial charge on any atom is -0.334 e. The Morgan fingerprint density at radius 3 is 2.60 bits per heavy atom. The topological polar surface area (TPSA) is 63.9 Å². The van der Waals surface area contributed by atoms with Crippen LogP contribution in [0.3, 0.4) is 0 Å². The van der Waals surface area contributed by atoms with Gasteiger partial charge < -0.3 is 4.90 Å². The summed E-state index contributed by atoms with van der Waals surface area (Å²) in [6.45, 7) is 4.58. The van der Waals surface area contributed by atoms with Crippen molar-refractivity contribution in [2.45, 2.75) is 57.5 Å². The molecular weight excluding hydrogens is 254 g/mol. The van der Waals surface area contributed by atoms with E-state index >= 15 is 0 Å². The van der Waals surface area contributed by atoms with E-state index in [1.807, 2.05) is 4.90 Å². The molecule has 0 atom stereocenters. The summed E-state index contributed by atoms with van der Waals surface area (Å²) < 4.78 is 1.47. The van der Waals surface area contributed by atoms with Crippen molar-refractivity contribution in [1.29, 1.82) is 0 Å². The zero-order chi connectivity index (χ0) is 14.2. The van der Waals surface area contributed by atoms with Crippen LogP contribution in [0.5, 0.6) is 0 Å².